The molecule has 1 spiro atoms. The number of carbonyl (C=O) groups is 2. The first kappa shape index (κ1) is 19.1. The summed E-state index contributed by atoms with van der Waals surface area (Å²) in [7, 11) is 0. The van der Waals surface area contributed by atoms with Crippen molar-refractivity contribution in [1.82, 2.24) is 4.90 Å². The molecule has 2 saturated heterocycles. The van der Waals surface area contributed by atoms with Crippen LogP contribution in [0.5, 0.6) is 0 Å². The summed E-state index contributed by atoms with van der Waals surface area (Å²) in [5.41, 5.74) is 1.70. The highest BCUT2D eigenvalue weighted by atomic mass is 35.5. The van der Waals surface area contributed by atoms with E-state index in [1.54, 1.807) is 17.0 Å². The SMILES string of the molecule is CC(=O)N(CCC(=O)N1CCC2(CC1)OCCO2)c1cc(Cl)ccc1C. The van der Waals surface area contributed by atoms with Crippen LogP contribution in [0.25, 0.3) is 0 Å². The molecule has 142 valence electrons. The Morgan fingerprint density at radius 2 is 1.88 bits per heavy atom. The van der Waals surface area contributed by atoms with Gasteiger partial charge in [0.15, 0.2) is 5.79 Å². The number of carbonyl (C=O) groups excluding carboxylic acids is 2. The minimum atomic E-state index is -0.486. The van der Waals surface area contributed by atoms with Gasteiger partial charge in [-0.15, -0.1) is 0 Å². The van der Waals surface area contributed by atoms with Crippen molar-refractivity contribution in [3.63, 3.8) is 0 Å². The van der Waals surface area contributed by atoms with Crippen LogP contribution in [0.3, 0.4) is 0 Å². The second-order valence-corrected chi connectivity index (χ2v) is 7.28. The molecule has 2 heterocycles. The van der Waals surface area contributed by atoms with Crippen molar-refractivity contribution < 1.29 is 19.1 Å². The number of hydrogen-bond acceptors (Lipinski definition) is 4. The molecule has 0 atom stereocenters. The summed E-state index contributed by atoms with van der Waals surface area (Å²) in [5, 5.41) is 0.570. The van der Waals surface area contributed by atoms with E-state index in [9.17, 15) is 9.59 Å². The third kappa shape index (κ3) is 4.19. The van der Waals surface area contributed by atoms with Crippen molar-refractivity contribution >= 4 is 29.1 Å². The van der Waals surface area contributed by atoms with E-state index < -0.39 is 5.79 Å². The fraction of sp³-hybridized carbons (Fsp3) is 0.579. The van der Waals surface area contributed by atoms with Crippen LogP contribution in [0.2, 0.25) is 5.02 Å². The molecular formula is C19H25ClN2O4. The zero-order chi connectivity index (χ0) is 18.7. The molecule has 26 heavy (non-hydrogen) atoms. The van der Waals surface area contributed by atoms with E-state index in [4.69, 9.17) is 21.1 Å². The Balaban J connectivity index is 1.58. The van der Waals surface area contributed by atoms with Crippen LogP contribution < -0.4 is 4.90 Å². The number of ether oxygens (including phenoxy) is 2. The number of amides is 2. The van der Waals surface area contributed by atoms with E-state index in [0.29, 0.717) is 50.7 Å². The third-order valence-electron chi connectivity index (χ3n) is 5.08. The molecule has 0 N–H and O–H groups in total. The van der Waals surface area contributed by atoms with E-state index in [-0.39, 0.29) is 18.2 Å². The highest BCUT2D eigenvalue weighted by Gasteiger charge is 2.40. The van der Waals surface area contributed by atoms with Gasteiger partial charge < -0.3 is 19.3 Å². The summed E-state index contributed by atoms with van der Waals surface area (Å²) >= 11 is 6.07. The summed E-state index contributed by atoms with van der Waals surface area (Å²) in [4.78, 5) is 28.1. The van der Waals surface area contributed by atoms with Crippen LogP contribution in [-0.4, -0.2) is 55.3 Å². The summed E-state index contributed by atoms with van der Waals surface area (Å²) < 4.78 is 11.4. The van der Waals surface area contributed by atoms with Gasteiger partial charge in [-0.1, -0.05) is 17.7 Å². The number of aryl methyl sites for hydroxylation is 1. The Bertz CT molecular complexity index is 678. The van der Waals surface area contributed by atoms with Gasteiger partial charge in [-0.05, 0) is 24.6 Å². The highest BCUT2D eigenvalue weighted by Crippen LogP contribution is 2.31. The second-order valence-electron chi connectivity index (χ2n) is 6.84. The van der Waals surface area contributed by atoms with Crippen LogP contribution >= 0.6 is 11.6 Å². The third-order valence-corrected chi connectivity index (χ3v) is 5.32. The first-order valence-electron chi connectivity index (χ1n) is 9.00. The first-order valence-corrected chi connectivity index (χ1v) is 9.38. The summed E-state index contributed by atoms with van der Waals surface area (Å²) in [6.45, 7) is 6.26. The zero-order valence-electron chi connectivity index (χ0n) is 15.3. The lowest BCUT2D eigenvalue weighted by Gasteiger charge is -2.37. The molecule has 0 aliphatic carbocycles. The average Bonchev–Trinajstić information content (AvgIpc) is 3.06. The van der Waals surface area contributed by atoms with Crippen LogP contribution in [-0.2, 0) is 19.1 Å². The minimum Gasteiger partial charge on any atom is -0.347 e. The summed E-state index contributed by atoms with van der Waals surface area (Å²) in [6.07, 6.45) is 1.67. The minimum absolute atomic E-state index is 0.0452. The van der Waals surface area contributed by atoms with Crippen molar-refractivity contribution in [1.29, 1.82) is 0 Å². The molecule has 1 aromatic carbocycles. The zero-order valence-corrected chi connectivity index (χ0v) is 16.1. The van der Waals surface area contributed by atoms with Crippen LogP contribution in [0, 0.1) is 6.92 Å². The quantitative estimate of drug-likeness (QED) is 0.805. The fourth-order valence-corrected chi connectivity index (χ4v) is 3.74. The number of nitrogens with zero attached hydrogens (tertiary/aromatic N) is 2. The molecule has 0 saturated carbocycles. The standard InChI is InChI=1S/C19H25ClN2O4/c1-14-3-4-16(20)13-17(14)22(15(2)23)8-5-18(24)21-9-6-19(7-10-21)25-11-12-26-19/h3-4,13H,5-12H2,1-2H3. The molecule has 0 aromatic heterocycles. The largest absolute Gasteiger partial charge is 0.347 e. The van der Waals surface area contributed by atoms with Gasteiger partial charge in [0, 0.05) is 56.5 Å². The van der Waals surface area contributed by atoms with Crippen LogP contribution in [0.1, 0.15) is 31.7 Å². The number of benzene rings is 1. The number of rotatable bonds is 4. The predicted molar refractivity (Wildman–Crippen MR) is 99.3 cm³/mol. The summed E-state index contributed by atoms with van der Waals surface area (Å²) in [5.74, 6) is -0.544. The van der Waals surface area contributed by atoms with E-state index in [2.05, 4.69) is 0 Å². The van der Waals surface area contributed by atoms with Crippen molar-refractivity contribution in [2.75, 3.05) is 37.7 Å². The van der Waals surface area contributed by atoms with E-state index >= 15 is 0 Å². The molecule has 7 heteroatoms. The molecule has 3 rings (SSSR count). The monoisotopic (exact) mass is 380 g/mol. The lowest BCUT2D eigenvalue weighted by Crippen LogP contribution is -2.48. The van der Waals surface area contributed by atoms with E-state index in [0.717, 1.165) is 11.3 Å². The maximum absolute atomic E-state index is 12.6. The Labute approximate surface area is 159 Å². The molecule has 2 aliphatic rings. The molecule has 2 aliphatic heterocycles. The van der Waals surface area contributed by atoms with Crippen molar-refractivity contribution in [2.45, 2.75) is 38.9 Å². The number of hydrogen-bond donors (Lipinski definition) is 0. The van der Waals surface area contributed by atoms with Gasteiger partial charge in [0.05, 0.1) is 13.2 Å². The fourth-order valence-electron chi connectivity index (χ4n) is 3.57. The highest BCUT2D eigenvalue weighted by molar-refractivity contribution is 6.31. The van der Waals surface area contributed by atoms with Crippen molar-refractivity contribution in [3.8, 4) is 0 Å². The molecule has 6 nitrogen and oxygen atoms in total. The van der Waals surface area contributed by atoms with E-state index in [1.807, 2.05) is 17.9 Å². The molecule has 2 fully saturated rings. The number of halogens is 1. The molecular weight excluding hydrogens is 356 g/mol. The Kier molecular flexibility index (Phi) is 5.85. The Morgan fingerprint density at radius 1 is 1.23 bits per heavy atom. The summed E-state index contributed by atoms with van der Waals surface area (Å²) in [6, 6.07) is 5.43. The Morgan fingerprint density at radius 3 is 2.50 bits per heavy atom. The average molecular weight is 381 g/mol. The van der Waals surface area contributed by atoms with Gasteiger partial charge in [0.2, 0.25) is 11.8 Å². The topological polar surface area (TPSA) is 59.1 Å². The second kappa shape index (κ2) is 7.94. The maximum Gasteiger partial charge on any atom is 0.224 e. The van der Waals surface area contributed by atoms with Gasteiger partial charge in [0.25, 0.3) is 0 Å². The molecule has 1 aromatic rings. The molecule has 2 amide bonds. The van der Waals surface area contributed by atoms with Crippen LogP contribution in [0.4, 0.5) is 5.69 Å². The molecule has 0 radical (unpaired) electrons. The number of anilines is 1. The number of likely N-dealkylation sites (tertiary alicyclic amines) is 1. The van der Waals surface area contributed by atoms with Gasteiger partial charge in [0.1, 0.15) is 0 Å². The van der Waals surface area contributed by atoms with Gasteiger partial charge >= 0.3 is 0 Å². The lowest BCUT2D eigenvalue weighted by molar-refractivity contribution is -0.187. The normalized spacial score (nSPS) is 19.0. The Hall–Kier alpha value is -1.63. The smallest absolute Gasteiger partial charge is 0.224 e. The molecule has 0 unspecified atom stereocenters. The van der Waals surface area contributed by atoms with Crippen LogP contribution in [0.15, 0.2) is 18.2 Å². The van der Waals surface area contributed by atoms with Gasteiger partial charge in [-0.25, -0.2) is 0 Å². The van der Waals surface area contributed by atoms with Crippen molar-refractivity contribution in [3.05, 3.63) is 28.8 Å². The first-order chi connectivity index (χ1) is 12.4. The lowest BCUT2D eigenvalue weighted by atomic mass is 10.0. The number of piperidine rings is 1. The van der Waals surface area contributed by atoms with Crippen molar-refractivity contribution in [2.24, 2.45) is 0 Å². The van der Waals surface area contributed by atoms with E-state index in [1.165, 1.54) is 6.92 Å². The molecule has 0 bridgehead atoms. The van der Waals surface area contributed by atoms with Gasteiger partial charge in [-0.2, -0.15) is 0 Å². The predicted octanol–water partition coefficient (Wildman–Crippen LogP) is 2.76. The maximum atomic E-state index is 12.6. The van der Waals surface area contributed by atoms with Gasteiger partial charge in [-0.3, -0.25) is 9.59 Å².